The molecule has 0 aliphatic carbocycles. The van der Waals surface area contributed by atoms with Crippen molar-refractivity contribution in [2.75, 3.05) is 26.2 Å². The van der Waals surface area contributed by atoms with Crippen LogP contribution < -0.4 is 0 Å². The molecule has 1 amide bonds. The first-order valence-corrected chi connectivity index (χ1v) is 15.3. The molecule has 2 N–H and O–H groups in total. The third-order valence-corrected chi connectivity index (χ3v) is 9.69. The number of carbonyl (C=O) groups is 1. The summed E-state index contributed by atoms with van der Waals surface area (Å²) in [6.45, 7) is 9.84. The number of nitrogens with zero attached hydrogens (tertiary/aromatic N) is 5. The Bertz CT molecular complexity index is 1320. The van der Waals surface area contributed by atoms with E-state index in [1.807, 2.05) is 23.5 Å². The number of imidazole rings is 2. The molecule has 2 aliphatic rings. The number of nitrogens with one attached hydrogen (secondary N) is 2. The summed E-state index contributed by atoms with van der Waals surface area (Å²) in [7, 11) is 0. The van der Waals surface area contributed by atoms with Gasteiger partial charge >= 0.3 is 0 Å². The van der Waals surface area contributed by atoms with Gasteiger partial charge in [-0.3, -0.25) is 14.6 Å². The number of aromatic nitrogens is 4. The van der Waals surface area contributed by atoms with E-state index in [2.05, 4.69) is 60.2 Å². The number of thiophene rings is 1. The van der Waals surface area contributed by atoms with Crippen molar-refractivity contribution in [2.24, 2.45) is 5.41 Å². The summed E-state index contributed by atoms with van der Waals surface area (Å²) < 4.78 is 0. The second-order valence-corrected chi connectivity index (χ2v) is 12.5. The van der Waals surface area contributed by atoms with Crippen molar-refractivity contribution in [3.63, 3.8) is 0 Å². The van der Waals surface area contributed by atoms with Gasteiger partial charge in [0.25, 0.3) is 5.91 Å². The van der Waals surface area contributed by atoms with Crippen LogP contribution in [0.25, 0.3) is 0 Å². The standard InChI is InChI=1S/C31H39N7OS/c1-24-7-18-40-27(24)20-37-15-2-8-31(23-37)9-16-36(17-10-31)19-25-3-5-26(6-4-25)30(39)38(21-28-32-11-12-33-28)22-29-34-13-14-35-29/h3-7,11-14,18H,2,8-10,15-17,19-23H2,1H3,(H,32,33)(H,34,35). The quantitative estimate of drug-likeness (QED) is 0.295. The Labute approximate surface area is 240 Å². The van der Waals surface area contributed by atoms with E-state index >= 15 is 0 Å². The molecule has 6 rings (SSSR count). The summed E-state index contributed by atoms with van der Waals surface area (Å²) in [5, 5.41) is 2.23. The van der Waals surface area contributed by atoms with Crippen molar-refractivity contribution in [1.29, 1.82) is 0 Å². The van der Waals surface area contributed by atoms with Gasteiger partial charge in [-0.05, 0) is 92.4 Å². The number of likely N-dealkylation sites (tertiary alicyclic amines) is 2. The molecule has 0 unspecified atom stereocenters. The Morgan fingerprint density at radius 3 is 2.23 bits per heavy atom. The van der Waals surface area contributed by atoms with Crippen LogP contribution in [-0.2, 0) is 26.2 Å². The van der Waals surface area contributed by atoms with E-state index in [-0.39, 0.29) is 5.91 Å². The van der Waals surface area contributed by atoms with Gasteiger partial charge in [-0.2, -0.15) is 0 Å². The molecular formula is C31H39N7OS. The lowest BCUT2D eigenvalue weighted by molar-refractivity contribution is 0.0189. The van der Waals surface area contributed by atoms with E-state index in [1.54, 1.807) is 29.7 Å². The molecule has 0 radical (unpaired) electrons. The van der Waals surface area contributed by atoms with Gasteiger partial charge in [-0.1, -0.05) is 12.1 Å². The average molecular weight is 558 g/mol. The molecule has 210 valence electrons. The fourth-order valence-corrected chi connectivity index (χ4v) is 7.28. The SMILES string of the molecule is Cc1ccsc1CN1CCCC2(CCN(Cc3ccc(C(=O)N(Cc4ncc[nH]4)Cc4ncc[nH]4)cc3)CC2)C1. The topological polar surface area (TPSA) is 84.2 Å². The van der Waals surface area contributed by atoms with Crippen LogP contribution in [0.15, 0.2) is 60.5 Å². The second-order valence-electron chi connectivity index (χ2n) is 11.5. The summed E-state index contributed by atoms with van der Waals surface area (Å²) in [6, 6.07) is 10.4. The van der Waals surface area contributed by atoms with Gasteiger partial charge < -0.3 is 14.9 Å². The molecule has 9 heteroatoms. The number of amides is 1. The first kappa shape index (κ1) is 26.9. The minimum atomic E-state index is -0.0288. The number of piperidine rings is 2. The Morgan fingerprint density at radius 1 is 0.925 bits per heavy atom. The van der Waals surface area contributed by atoms with Crippen molar-refractivity contribution in [3.05, 3.63) is 93.7 Å². The molecular weight excluding hydrogens is 518 g/mol. The predicted molar refractivity (Wildman–Crippen MR) is 158 cm³/mol. The van der Waals surface area contributed by atoms with E-state index < -0.39 is 0 Å². The number of aromatic amines is 2. The average Bonchev–Trinajstić information content (AvgIpc) is 3.75. The van der Waals surface area contributed by atoms with E-state index in [4.69, 9.17) is 0 Å². The Morgan fingerprint density at radius 2 is 1.62 bits per heavy atom. The zero-order valence-electron chi connectivity index (χ0n) is 23.3. The molecule has 40 heavy (non-hydrogen) atoms. The number of benzene rings is 1. The summed E-state index contributed by atoms with van der Waals surface area (Å²) in [5.41, 5.74) is 3.86. The van der Waals surface area contributed by atoms with E-state index in [1.165, 1.54) is 54.8 Å². The number of aryl methyl sites for hydroxylation is 1. The number of hydrogen-bond acceptors (Lipinski definition) is 6. The fraction of sp³-hybridized carbons (Fsp3) is 0.452. The van der Waals surface area contributed by atoms with Crippen LogP contribution in [0.2, 0.25) is 0 Å². The molecule has 2 saturated heterocycles. The number of carbonyl (C=O) groups excluding carboxylic acids is 1. The van der Waals surface area contributed by atoms with Crippen LogP contribution in [-0.4, -0.2) is 66.7 Å². The summed E-state index contributed by atoms with van der Waals surface area (Å²) in [6.07, 6.45) is 12.2. The summed E-state index contributed by atoms with van der Waals surface area (Å²) in [4.78, 5) is 36.8. The maximum atomic E-state index is 13.4. The van der Waals surface area contributed by atoms with Gasteiger partial charge in [0.2, 0.25) is 0 Å². The highest BCUT2D eigenvalue weighted by Gasteiger charge is 2.38. The van der Waals surface area contributed by atoms with Crippen LogP contribution >= 0.6 is 11.3 Å². The van der Waals surface area contributed by atoms with Crippen LogP contribution in [0.1, 0.15) is 63.7 Å². The molecule has 3 aromatic heterocycles. The molecule has 1 spiro atoms. The summed E-state index contributed by atoms with van der Waals surface area (Å²) >= 11 is 1.90. The zero-order valence-corrected chi connectivity index (χ0v) is 24.1. The van der Waals surface area contributed by atoms with Crippen molar-refractivity contribution in [2.45, 2.75) is 58.8 Å². The van der Waals surface area contributed by atoms with Crippen LogP contribution in [0.4, 0.5) is 0 Å². The molecule has 0 saturated carbocycles. The van der Waals surface area contributed by atoms with Crippen LogP contribution in [0.5, 0.6) is 0 Å². The third kappa shape index (κ3) is 6.37. The normalized spacial score (nSPS) is 17.8. The van der Waals surface area contributed by atoms with Crippen LogP contribution in [0, 0.1) is 12.3 Å². The van der Waals surface area contributed by atoms with Gasteiger partial charge in [-0.25, -0.2) is 9.97 Å². The molecule has 0 bridgehead atoms. The molecule has 0 atom stereocenters. The lowest BCUT2D eigenvalue weighted by Gasteiger charge is -2.47. The minimum absolute atomic E-state index is 0.0288. The van der Waals surface area contributed by atoms with Crippen molar-refractivity contribution >= 4 is 17.2 Å². The number of hydrogen-bond donors (Lipinski definition) is 2. The van der Waals surface area contributed by atoms with Crippen molar-refractivity contribution < 1.29 is 4.79 Å². The Balaban J connectivity index is 1.03. The Hall–Kier alpha value is -3.27. The predicted octanol–water partition coefficient (Wildman–Crippen LogP) is 5.22. The van der Waals surface area contributed by atoms with Gasteiger partial charge in [0, 0.05) is 54.9 Å². The smallest absolute Gasteiger partial charge is 0.254 e. The number of H-pyrrole nitrogens is 2. The van der Waals surface area contributed by atoms with E-state index in [0.717, 1.165) is 37.8 Å². The fourth-order valence-electron chi connectivity index (χ4n) is 6.33. The monoisotopic (exact) mass is 557 g/mol. The van der Waals surface area contributed by atoms with E-state index in [0.29, 0.717) is 24.1 Å². The molecule has 2 aliphatic heterocycles. The van der Waals surface area contributed by atoms with Gasteiger partial charge in [0.05, 0.1) is 13.1 Å². The number of rotatable bonds is 9. The highest BCUT2D eigenvalue weighted by Crippen LogP contribution is 2.40. The van der Waals surface area contributed by atoms with Gasteiger partial charge in [-0.15, -0.1) is 11.3 Å². The van der Waals surface area contributed by atoms with Gasteiger partial charge in [0.1, 0.15) is 11.6 Å². The molecule has 2 fully saturated rings. The first-order chi connectivity index (χ1) is 19.6. The lowest BCUT2D eigenvalue weighted by Crippen LogP contribution is -2.49. The van der Waals surface area contributed by atoms with Gasteiger partial charge in [0.15, 0.2) is 0 Å². The van der Waals surface area contributed by atoms with Crippen molar-refractivity contribution in [1.82, 2.24) is 34.6 Å². The lowest BCUT2D eigenvalue weighted by atomic mass is 9.72. The maximum Gasteiger partial charge on any atom is 0.254 e. The highest BCUT2D eigenvalue weighted by atomic mass is 32.1. The van der Waals surface area contributed by atoms with Crippen LogP contribution in [0.3, 0.4) is 0 Å². The molecule has 8 nitrogen and oxygen atoms in total. The summed E-state index contributed by atoms with van der Waals surface area (Å²) in [5.74, 6) is 1.48. The second kappa shape index (κ2) is 12.1. The molecule has 4 aromatic rings. The third-order valence-electron chi connectivity index (χ3n) is 8.68. The molecule has 5 heterocycles. The largest absolute Gasteiger partial charge is 0.347 e. The minimum Gasteiger partial charge on any atom is -0.347 e. The van der Waals surface area contributed by atoms with Crippen molar-refractivity contribution in [3.8, 4) is 0 Å². The maximum absolute atomic E-state index is 13.4. The highest BCUT2D eigenvalue weighted by molar-refractivity contribution is 7.10. The zero-order chi connectivity index (χ0) is 27.4. The van der Waals surface area contributed by atoms with E-state index in [9.17, 15) is 4.79 Å². The first-order valence-electron chi connectivity index (χ1n) is 14.4. The molecule has 1 aromatic carbocycles. The Kier molecular flexibility index (Phi) is 8.13.